The van der Waals surface area contributed by atoms with Crippen LogP contribution in [-0.2, 0) is 4.79 Å². The lowest BCUT2D eigenvalue weighted by Crippen LogP contribution is -2.50. The molecule has 0 unspecified atom stereocenters. The second kappa shape index (κ2) is 5.38. The monoisotopic (exact) mass is 264 g/mol. The van der Waals surface area contributed by atoms with Crippen molar-refractivity contribution in [3.63, 3.8) is 0 Å². The van der Waals surface area contributed by atoms with Crippen LogP contribution in [0.2, 0.25) is 0 Å². The molecule has 2 N–H and O–H groups in total. The summed E-state index contributed by atoms with van der Waals surface area (Å²) in [6.45, 7) is 3.89. The number of rotatable bonds is 2. The van der Waals surface area contributed by atoms with E-state index in [9.17, 15) is 14.0 Å². The summed E-state index contributed by atoms with van der Waals surface area (Å²) in [5.74, 6) is -0.796. The van der Waals surface area contributed by atoms with Crippen molar-refractivity contribution in [2.75, 3.05) is 6.54 Å². The van der Waals surface area contributed by atoms with E-state index in [1.54, 1.807) is 13.8 Å². The first-order chi connectivity index (χ1) is 8.99. The normalized spacial score (nSPS) is 18.9. The van der Waals surface area contributed by atoms with E-state index >= 15 is 0 Å². The third kappa shape index (κ3) is 2.92. The summed E-state index contributed by atoms with van der Waals surface area (Å²) in [6.07, 6.45) is 1.48. The largest absolute Gasteiger partial charge is 0.354 e. The predicted molar refractivity (Wildman–Crippen MR) is 69.4 cm³/mol. The Morgan fingerprint density at radius 2 is 2.00 bits per heavy atom. The molecule has 2 amide bonds. The number of halogens is 1. The molecule has 1 atom stereocenters. The number of nitrogens with one attached hydrogen (secondary N) is 2. The maximum atomic E-state index is 13.5. The maximum Gasteiger partial charge on any atom is 0.251 e. The topological polar surface area (TPSA) is 58.2 Å². The highest BCUT2D eigenvalue weighted by molar-refractivity contribution is 5.98. The molecule has 0 radical (unpaired) electrons. The Labute approximate surface area is 111 Å². The summed E-state index contributed by atoms with van der Waals surface area (Å²) in [5.41, 5.74) is 1.24. The maximum absolute atomic E-state index is 13.5. The van der Waals surface area contributed by atoms with Crippen molar-refractivity contribution in [1.82, 2.24) is 10.6 Å². The molecule has 0 aliphatic carbocycles. The molecule has 1 aromatic rings. The Balaban J connectivity index is 2.13. The Bertz CT molecular complexity index is 505. The van der Waals surface area contributed by atoms with Gasteiger partial charge < -0.3 is 10.6 Å². The molecule has 1 saturated heterocycles. The van der Waals surface area contributed by atoms with Crippen LogP contribution >= 0.6 is 0 Å². The minimum atomic E-state index is -0.494. The molecule has 4 nitrogen and oxygen atoms in total. The van der Waals surface area contributed by atoms with Gasteiger partial charge in [-0.3, -0.25) is 9.59 Å². The number of carbonyl (C=O) groups excluding carboxylic acids is 2. The van der Waals surface area contributed by atoms with Gasteiger partial charge in [-0.2, -0.15) is 0 Å². The Kier molecular flexibility index (Phi) is 3.83. The van der Waals surface area contributed by atoms with Crippen molar-refractivity contribution < 1.29 is 14.0 Å². The fraction of sp³-hybridized carbons (Fsp3) is 0.429. The number of hydrogen-bond donors (Lipinski definition) is 2. The van der Waals surface area contributed by atoms with Gasteiger partial charge >= 0.3 is 0 Å². The highest BCUT2D eigenvalue weighted by Gasteiger charge is 2.24. The second-order valence-corrected chi connectivity index (χ2v) is 4.88. The number of amides is 2. The van der Waals surface area contributed by atoms with Crippen LogP contribution in [0.3, 0.4) is 0 Å². The summed E-state index contributed by atoms with van der Waals surface area (Å²) in [5, 5.41) is 5.39. The lowest BCUT2D eigenvalue weighted by Gasteiger charge is -2.22. The highest BCUT2D eigenvalue weighted by Crippen LogP contribution is 2.15. The SMILES string of the molecule is Cc1cc(C(=O)N[C@H]2CCCNC2=O)cc(C)c1F. The summed E-state index contributed by atoms with van der Waals surface area (Å²) < 4.78 is 13.5. The Morgan fingerprint density at radius 3 is 2.58 bits per heavy atom. The van der Waals surface area contributed by atoms with Crippen molar-refractivity contribution in [3.05, 3.63) is 34.6 Å². The van der Waals surface area contributed by atoms with Crippen LogP contribution in [0.5, 0.6) is 0 Å². The van der Waals surface area contributed by atoms with Crippen LogP contribution in [0, 0.1) is 19.7 Å². The zero-order valence-corrected chi connectivity index (χ0v) is 11.0. The number of benzene rings is 1. The first kappa shape index (κ1) is 13.5. The molecule has 102 valence electrons. The predicted octanol–water partition coefficient (Wildman–Crippen LogP) is 1.45. The Hall–Kier alpha value is -1.91. The van der Waals surface area contributed by atoms with Crippen molar-refractivity contribution >= 4 is 11.8 Å². The van der Waals surface area contributed by atoms with E-state index in [0.29, 0.717) is 29.7 Å². The van der Waals surface area contributed by atoms with Gasteiger partial charge in [0.25, 0.3) is 5.91 Å². The minimum absolute atomic E-state index is 0.157. The molecule has 19 heavy (non-hydrogen) atoms. The van der Waals surface area contributed by atoms with E-state index in [4.69, 9.17) is 0 Å². The fourth-order valence-corrected chi connectivity index (χ4v) is 2.23. The van der Waals surface area contributed by atoms with Crippen LogP contribution in [0.1, 0.15) is 34.3 Å². The van der Waals surface area contributed by atoms with Crippen LogP contribution in [0.4, 0.5) is 4.39 Å². The standard InChI is InChI=1S/C14H17FN2O2/c1-8-6-10(7-9(2)12(8)15)13(18)17-11-4-3-5-16-14(11)19/h6-7,11H,3-5H2,1-2H3,(H,16,19)(H,17,18)/t11-/m0/s1. The minimum Gasteiger partial charge on any atom is -0.354 e. The van der Waals surface area contributed by atoms with E-state index in [-0.39, 0.29) is 17.6 Å². The van der Waals surface area contributed by atoms with Crippen LogP contribution in [-0.4, -0.2) is 24.4 Å². The number of hydrogen-bond acceptors (Lipinski definition) is 2. The molecule has 0 bridgehead atoms. The zero-order valence-electron chi connectivity index (χ0n) is 11.0. The molecule has 5 heteroatoms. The average molecular weight is 264 g/mol. The van der Waals surface area contributed by atoms with E-state index < -0.39 is 6.04 Å². The van der Waals surface area contributed by atoms with Crippen molar-refractivity contribution in [2.45, 2.75) is 32.7 Å². The van der Waals surface area contributed by atoms with E-state index in [1.165, 1.54) is 12.1 Å². The van der Waals surface area contributed by atoms with Gasteiger partial charge in [0.05, 0.1) is 0 Å². The van der Waals surface area contributed by atoms with Crippen molar-refractivity contribution in [3.8, 4) is 0 Å². The highest BCUT2D eigenvalue weighted by atomic mass is 19.1. The van der Waals surface area contributed by atoms with Crippen LogP contribution < -0.4 is 10.6 Å². The van der Waals surface area contributed by atoms with Crippen molar-refractivity contribution in [2.24, 2.45) is 0 Å². The molecular formula is C14H17FN2O2. The lowest BCUT2D eigenvalue weighted by molar-refractivity contribution is -0.124. The summed E-state index contributed by atoms with van der Waals surface area (Å²) in [6, 6.07) is 2.50. The molecule has 0 aromatic heterocycles. The first-order valence-electron chi connectivity index (χ1n) is 6.34. The molecular weight excluding hydrogens is 247 g/mol. The van der Waals surface area contributed by atoms with E-state index in [0.717, 1.165) is 6.42 Å². The summed E-state index contributed by atoms with van der Waals surface area (Å²) >= 11 is 0. The van der Waals surface area contributed by atoms with Gasteiger partial charge in [-0.1, -0.05) is 0 Å². The first-order valence-corrected chi connectivity index (χ1v) is 6.34. The number of piperidine rings is 1. The molecule has 1 heterocycles. The lowest BCUT2D eigenvalue weighted by atomic mass is 10.0. The van der Waals surface area contributed by atoms with Crippen molar-refractivity contribution in [1.29, 1.82) is 0 Å². The smallest absolute Gasteiger partial charge is 0.251 e. The third-order valence-corrected chi connectivity index (χ3v) is 3.29. The van der Waals surface area contributed by atoms with Gasteiger partial charge in [0.2, 0.25) is 5.91 Å². The van der Waals surface area contributed by atoms with Gasteiger partial charge in [0.15, 0.2) is 0 Å². The van der Waals surface area contributed by atoms with E-state index in [2.05, 4.69) is 10.6 Å². The summed E-state index contributed by atoms with van der Waals surface area (Å²) in [7, 11) is 0. The average Bonchev–Trinajstić information content (AvgIpc) is 2.38. The third-order valence-electron chi connectivity index (χ3n) is 3.29. The van der Waals surface area contributed by atoms with Gasteiger partial charge in [0.1, 0.15) is 11.9 Å². The molecule has 2 rings (SSSR count). The van der Waals surface area contributed by atoms with Gasteiger partial charge in [-0.15, -0.1) is 0 Å². The molecule has 1 aliphatic rings. The fourth-order valence-electron chi connectivity index (χ4n) is 2.23. The van der Waals surface area contributed by atoms with Crippen LogP contribution in [0.25, 0.3) is 0 Å². The molecule has 1 fully saturated rings. The molecule has 1 aromatic carbocycles. The molecule has 1 aliphatic heterocycles. The summed E-state index contributed by atoms with van der Waals surface area (Å²) in [4.78, 5) is 23.6. The number of aryl methyl sites for hydroxylation is 2. The molecule has 0 saturated carbocycles. The zero-order chi connectivity index (χ0) is 14.0. The van der Waals surface area contributed by atoms with Gasteiger partial charge in [-0.25, -0.2) is 4.39 Å². The van der Waals surface area contributed by atoms with Gasteiger partial charge in [-0.05, 0) is 49.9 Å². The van der Waals surface area contributed by atoms with Crippen LogP contribution in [0.15, 0.2) is 12.1 Å². The van der Waals surface area contributed by atoms with Gasteiger partial charge in [0, 0.05) is 12.1 Å². The quantitative estimate of drug-likeness (QED) is 0.849. The second-order valence-electron chi connectivity index (χ2n) is 4.88. The molecule has 0 spiro atoms. The number of carbonyl (C=O) groups is 2. The van der Waals surface area contributed by atoms with E-state index in [1.807, 2.05) is 0 Å². The Morgan fingerprint density at radius 1 is 1.37 bits per heavy atom.